The topological polar surface area (TPSA) is 165 Å². The highest BCUT2D eigenvalue weighted by molar-refractivity contribution is 5.96. The Balaban J connectivity index is 1.12. The molecule has 2 N–H and O–H groups in total. The van der Waals surface area contributed by atoms with Crippen molar-refractivity contribution in [3.63, 3.8) is 0 Å². The van der Waals surface area contributed by atoms with Crippen LogP contribution in [0.25, 0.3) is 33.3 Å². The maximum Gasteiger partial charge on any atom is 0.259 e. The Morgan fingerprint density at radius 3 is 2.66 bits per heavy atom. The predicted octanol–water partition coefficient (Wildman–Crippen LogP) is 6.61. The van der Waals surface area contributed by atoms with Gasteiger partial charge in [0.25, 0.3) is 5.91 Å². The number of benzene rings is 2. The highest BCUT2D eigenvalue weighted by Gasteiger charge is 2.49. The van der Waals surface area contributed by atoms with E-state index in [-0.39, 0.29) is 60.2 Å². The first kappa shape index (κ1) is 48.2. The Kier molecular flexibility index (Phi) is 14.8. The fourth-order valence-corrected chi connectivity index (χ4v) is 9.97. The highest BCUT2D eigenvalue weighted by Crippen LogP contribution is 2.42. The van der Waals surface area contributed by atoms with Crippen LogP contribution in [0, 0.1) is 11.3 Å². The number of ether oxygens (including phenoxy) is 4. The van der Waals surface area contributed by atoms with Gasteiger partial charge in [-0.3, -0.25) is 24.4 Å². The number of aryl methyl sites for hydroxylation is 1. The number of hydrazine groups is 1. The number of methoxy groups -OCH3 is 2. The summed E-state index contributed by atoms with van der Waals surface area (Å²) in [6.45, 7) is 13.3. The van der Waals surface area contributed by atoms with Crippen LogP contribution in [0.3, 0.4) is 0 Å². The van der Waals surface area contributed by atoms with Gasteiger partial charge in [0.05, 0.1) is 49.6 Å². The number of aliphatic imine (C=N–C) groups is 2. The lowest BCUT2D eigenvalue weighted by molar-refractivity contribution is -0.144. The van der Waals surface area contributed by atoms with Gasteiger partial charge < -0.3 is 33.7 Å². The van der Waals surface area contributed by atoms with Crippen LogP contribution in [0.15, 0.2) is 70.9 Å². The second-order valence-electron chi connectivity index (χ2n) is 19.9. The Labute approximate surface area is 394 Å². The Hall–Kier alpha value is -5.28. The molecule has 3 aliphatic heterocycles. The molecule has 8 rings (SSSR count). The third-order valence-electron chi connectivity index (χ3n) is 13.7. The van der Waals surface area contributed by atoms with Crippen LogP contribution in [0.5, 0.6) is 0 Å². The van der Waals surface area contributed by atoms with Crippen molar-refractivity contribution in [3.8, 4) is 22.4 Å². The van der Waals surface area contributed by atoms with E-state index in [1.54, 1.807) is 26.3 Å². The van der Waals surface area contributed by atoms with Crippen molar-refractivity contribution in [1.29, 1.82) is 0 Å². The fourth-order valence-electron chi connectivity index (χ4n) is 9.97. The van der Waals surface area contributed by atoms with E-state index in [9.17, 15) is 14.4 Å². The van der Waals surface area contributed by atoms with Gasteiger partial charge in [-0.1, -0.05) is 58.0 Å². The smallest absolute Gasteiger partial charge is 0.259 e. The number of nitrogens with zero attached hydrogens (tertiary/aromatic N) is 6. The molecule has 6 bridgehead atoms. The maximum atomic E-state index is 14.8. The van der Waals surface area contributed by atoms with Gasteiger partial charge in [0, 0.05) is 76.1 Å². The van der Waals surface area contributed by atoms with Gasteiger partial charge in [0.2, 0.25) is 11.8 Å². The van der Waals surface area contributed by atoms with E-state index >= 15 is 0 Å². The number of fused-ring (bicyclic) bond motifs is 8. The zero-order valence-corrected chi connectivity index (χ0v) is 40.5. The molecule has 2 saturated heterocycles. The van der Waals surface area contributed by atoms with Gasteiger partial charge in [0.15, 0.2) is 6.29 Å². The number of hydrogen-bond acceptors (Lipinski definition) is 11. The lowest BCUT2D eigenvalue weighted by Gasteiger charge is -2.37. The molecule has 67 heavy (non-hydrogen) atoms. The molecule has 4 aromatic rings. The van der Waals surface area contributed by atoms with Crippen LogP contribution >= 0.6 is 0 Å². The number of carbonyl (C=O) groups excluding carboxylic acids is 3. The molecule has 5 atom stereocenters. The molecule has 15 nitrogen and oxygen atoms in total. The van der Waals surface area contributed by atoms with Crippen molar-refractivity contribution >= 4 is 34.6 Å². The largest absolute Gasteiger partial charge is 0.382 e. The van der Waals surface area contributed by atoms with Crippen molar-refractivity contribution in [2.75, 3.05) is 47.6 Å². The van der Waals surface area contributed by atoms with Crippen molar-refractivity contribution in [1.82, 2.24) is 30.2 Å². The number of carbonyl (C=O) groups is 3. The van der Waals surface area contributed by atoms with E-state index in [1.807, 2.05) is 44.4 Å². The average molecular weight is 917 g/mol. The summed E-state index contributed by atoms with van der Waals surface area (Å²) in [7, 11) is 5.01. The van der Waals surface area contributed by atoms with Crippen LogP contribution in [-0.4, -0.2) is 127 Å². The zero-order chi connectivity index (χ0) is 47.5. The van der Waals surface area contributed by atoms with E-state index in [0.29, 0.717) is 26.4 Å². The molecule has 1 aliphatic carbocycles. The van der Waals surface area contributed by atoms with E-state index in [0.717, 1.165) is 83.1 Å². The van der Waals surface area contributed by atoms with Crippen LogP contribution in [0.2, 0.25) is 0 Å². The summed E-state index contributed by atoms with van der Waals surface area (Å²) in [4.78, 5) is 57.6. The SMILES string of the molecule is CCn1c(-c2cnccc2COC)c2c3cc(ccc31)-c1cccc(c1)C[C@H](NC(=O)[C@H](C(C)C)N(C)C(=O)CCN=C=NC1(COC)CC1)C(=O)N1CCC[C@H](N1)[C@H]1OC1OCC(C)(C)C2. The molecule has 5 heterocycles. The molecule has 1 unspecified atom stereocenters. The number of nitrogens with one attached hydrogen (secondary N) is 2. The van der Waals surface area contributed by atoms with Crippen molar-refractivity contribution in [3.05, 3.63) is 77.6 Å². The molecule has 358 valence electrons. The molecule has 0 spiro atoms. The van der Waals surface area contributed by atoms with Crippen LogP contribution in [-0.2, 0) is 59.3 Å². The van der Waals surface area contributed by atoms with Gasteiger partial charge in [-0.2, -0.15) is 0 Å². The van der Waals surface area contributed by atoms with Crippen molar-refractivity contribution in [2.45, 2.75) is 129 Å². The fraction of sp³-hybridized carbons (Fsp3) is 0.558. The summed E-state index contributed by atoms with van der Waals surface area (Å²) in [6, 6.07) is 17.7. The zero-order valence-electron chi connectivity index (χ0n) is 40.5. The number of hydrogen-bond donors (Lipinski definition) is 2. The van der Waals surface area contributed by atoms with E-state index in [1.165, 1.54) is 10.5 Å². The first-order chi connectivity index (χ1) is 32.2. The molecular weight excluding hydrogens is 849 g/mol. The maximum absolute atomic E-state index is 14.8. The lowest BCUT2D eigenvalue weighted by atomic mass is 9.84. The van der Waals surface area contributed by atoms with Crippen LogP contribution in [0.4, 0.5) is 0 Å². The van der Waals surface area contributed by atoms with Crippen molar-refractivity contribution < 1.29 is 33.3 Å². The number of pyridine rings is 1. The molecule has 4 aliphatic rings. The number of amides is 3. The van der Waals surface area contributed by atoms with Crippen LogP contribution in [0.1, 0.15) is 83.4 Å². The minimum atomic E-state index is -0.938. The quantitative estimate of drug-likeness (QED) is 0.105. The van der Waals surface area contributed by atoms with Gasteiger partial charge in [0.1, 0.15) is 18.2 Å². The molecule has 15 heteroatoms. The van der Waals surface area contributed by atoms with E-state index < -0.39 is 24.3 Å². The highest BCUT2D eigenvalue weighted by atomic mass is 16.8. The molecule has 3 amide bonds. The third kappa shape index (κ3) is 10.9. The van der Waals surface area contributed by atoms with Crippen molar-refractivity contribution in [2.24, 2.45) is 21.3 Å². The van der Waals surface area contributed by atoms with Gasteiger partial charge in [-0.05, 0) is 96.4 Å². The summed E-state index contributed by atoms with van der Waals surface area (Å²) in [5.41, 5.74) is 11.4. The number of epoxide rings is 1. The monoisotopic (exact) mass is 917 g/mol. The second-order valence-corrected chi connectivity index (χ2v) is 19.9. The summed E-state index contributed by atoms with van der Waals surface area (Å²) in [5, 5.41) is 5.92. The number of aromatic nitrogens is 2. The summed E-state index contributed by atoms with van der Waals surface area (Å²) in [5.74, 6) is -1.14. The lowest BCUT2D eigenvalue weighted by Crippen LogP contribution is -2.61. The normalized spacial score (nSPS) is 22.5. The average Bonchev–Trinajstić information content (AvgIpc) is 4.25. The van der Waals surface area contributed by atoms with E-state index in [2.05, 4.69) is 87.4 Å². The summed E-state index contributed by atoms with van der Waals surface area (Å²) in [6.07, 6.45) is 7.60. The Bertz CT molecular complexity index is 2510. The molecule has 2 aromatic heterocycles. The molecule has 2 aromatic carbocycles. The first-order valence-corrected chi connectivity index (χ1v) is 23.9. The standard InChI is InChI=1S/C52H68N8O7/c1-9-59-43-16-15-36-26-38(43)39(46(59)40-28-53-21-17-37(40)29-64-7)27-51(4,5)30-66-50-47(67-50)41-14-11-23-60(57-41)49(63)42(25-34-12-10-13-35(36)24-34)56-48(62)45(33(2)3)58(6)44(61)18-22-54-32-55-52(19-20-52)31-65-8/h10,12-13,15-17,21,24,26,28,33,41-42,45,47,50,57H,9,11,14,18-20,22-23,25,27,29-31H2,1-8H3,(H,56,62)/t41-,42-,45-,47+,50?/m0/s1. The Morgan fingerprint density at radius 1 is 1.10 bits per heavy atom. The summed E-state index contributed by atoms with van der Waals surface area (Å²) < 4.78 is 26.1. The number of likely N-dealkylation sites (N-methyl/N-ethyl adjacent to an activating group) is 1. The van der Waals surface area contributed by atoms with E-state index in [4.69, 9.17) is 18.9 Å². The first-order valence-electron chi connectivity index (χ1n) is 23.9. The Morgan fingerprint density at radius 2 is 1.91 bits per heavy atom. The minimum Gasteiger partial charge on any atom is -0.382 e. The molecule has 3 fully saturated rings. The molecular formula is C52H68N8O7. The third-order valence-corrected chi connectivity index (χ3v) is 13.7. The van der Waals surface area contributed by atoms with Gasteiger partial charge in [-0.15, -0.1) is 0 Å². The molecule has 0 radical (unpaired) electrons. The summed E-state index contributed by atoms with van der Waals surface area (Å²) >= 11 is 0. The minimum absolute atomic E-state index is 0.0859. The second kappa shape index (κ2) is 20.5. The van der Waals surface area contributed by atoms with Crippen LogP contribution < -0.4 is 10.7 Å². The van der Waals surface area contributed by atoms with Gasteiger partial charge in [-0.25, -0.2) is 15.4 Å². The number of rotatable bonds is 14. The predicted molar refractivity (Wildman–Crippen MR) is 257 cm³/mol. The van der Waals surface area contributed by atoms with Gasteiger partial charge >= 0.3 is 0 Å². The molecule has 1 saturated carbocycles.